The first-order chi connectivity index (χ1) is 11.0. The first kappa shape index (κ1) is 18.5. The number of hydrogen-bond acceptors (Lipinski definition) is 5. The Morgan fingerprint density at radius 3 is 2.91 bits per heavy atom. The van der Waals surface area contributed by atoms with E-state index in [-0.39, 0.29) is 29.8 Å². The summed E-state index contributed by atoms with van der Waals surface area (Å²) in [5, 5.41) is 9.72. The Morgan fingerprint density at radius 1 is 1.43 bits per heavy atom. The molecule has 1 aromatic rings. The number of likely N-dealkylation sites (tertiary alicyclic amines) is 1. The molecule has 0 saturated carbocycles. The molecule has 0 spiro atoms. The predicted octanol–water partition coefficient (Wildman–Crippen LogP) is 1.47. The number of piperidine rings is 1. The minimum atomic E-state index is -3.70. The largest absolute Gasteiger partial charge is 0.495 e. The van der Waals surface area contributed by atoms with E-state index in [1.54, 1.807) is 6.07 Å². The highest BCUT2D eigenvalue weighted by Gasteiger charge is 2.23. The maximum absolute atomic E-state index is 12.4. The van der Waals surface area contributed by atoms with Crippen LogP contribution in [0.1, 0.15) is 19.3 Å². The number of methoxy groups -OCH3 is 1. The van der Waals surface area contributed by atoms with Gasteiger partial charge >= 0.3 is 0 Å². The number of ether oxygens (including phenoxy) is 1. The van der Waals surface area contributed by atoms with Crippen LogP contribution in [0.3, 0.4) is 0 Å². The van der Waals surface area contributed by atoms with Gasteiger partial charge in [-0.2, -0.15) is 0 Å². The van der Waals surface area contributed by atoms with E-state index >= 15 is 0 Å². The van der Waals surface area contributed by atoms with Crippen molar-refractivity contribution in [2.45, 2.75) is 30.2 Å². The average molecular weight is 363 g/mol. The van der Waals surface area contributed by atoms with Crippen molar-refractivity contribution in [2.24, 2.45) is 0 Å². The average Bonchev–Trinajstić information content (AvgIpc) is 2.55. The fourth-order valence-corrected chi connectivity index (χ4v) is 4.27. The lowest BCUT2D eigenvalue weighted by Crippen LogP contribution is -2.45. The van der Waals surface area contributed by atoms with Crippen molar-refractivity contribution in [1.82, 2.24) is 9.62 Å². The minimum Gasteiger partial charge on any atom is -0.495 e. The molecule has 1 unspecified atom stereocenters. The monoisotopic (exact) mass is 362 g/mol. The molecule has 23 heavy (non-hydrogen) atoms. The Kier molecular flexibility index (Phi) is 6.67. The van der Waals surface area contributed by atoms with E-state index in [4.69, 9.17) is 16.3 Å². The molecule has 1 fully saturated rings. The highest BCUT2D eigenvalue weighted by atomic mass is 35.5. The van der Waals surface area contributed by atoms with Crippen LogP contribution in [0, 0.1) is 0 Å². The topological polar surface area (TPSA) is 78.9 Å². The third-order valence-electron chi connectivity index (χ3n) is 4.07. The third-order valence-corrected chi connectivity index (χ3v) is 5.78. The van der Waals surface area contributed by atoms with Crippen LogP contribution < -0.4 is 9.46 Å². The highest BCUT2D eigenvalue weighted by molar-refractivity contribution is 7.89. The molecular weight excluding hydrogens is 340 g/mol. The zero-order valence-electron chi connectivity index (χ0n) is 13.2. The van der Waals surface area contributed by atoms with Crippen molar-refractivity contribution in [1.29, 1.82) is 0 Å². The zero-order valence-corrected chi connectivity index (χ0v) is 14.7. The van der Waals surface area contributed by atoms with E-state index in [0.717, 1.165) is 25.8 Å². The van der Waals surface area contributed by atoms with Crippen molar-refractivity contribution < 1.29 is 18.3 Å². The third kappa shape index (κ3) is 4.81. The van der Waals surface area contributed by atoms with Crippen LogP contribution in [-0.2, 0) is 10.0 Å². The van der Waals surface area contributed by atoms with Crippen LogP contribution in [0.2, 0.25) is 5.02 Å². The van der Waals surface area contributed by atoms with E-state index < -0.39 is 10.0 Å². The summed E-state index contributed by atoms with van der Waals surface area (Å²) in [5.74, 6) is 0.258. The summed E-state index contributed by atoms with van der Waals surface area (Å²) in [4.78, 5) is 2.16. The molecule has 1 atom stereocenters. The maximum atomic E-state index is 12.4. The highest BCUT2D eigenvalue weighted by Crippen LogP contribution is 2.26. The standard InChI is InChI=1S/C15H23ClN2O4S/c1-22-14-6-5-12(16)10-15(14)23(20,21)17-7-9-18-8-3-2-4-13(18)11-19/h5-6,10,13,17,19H,2-4,7-9,11H2,1H3. The van der Waals surface area contributed by atoms with Crippen LogP contribution >= 0.6 is 11.6 Å². The van der Waals surface area contributed by atoms with Crippen molar-refractivity contribution in [3.05, 3.63) is 23.2 Å². The SMILES string of the molecule is COc1ccc(Cl)cc1S(=O)(=O)NCCN1CCCCC1CO. The molecule has 0 aromatic heterocycles. The summed E-state index contributed by atoms with van der Waals surface area (Å²) in [7, 11) is -2.28. The molecule has 0 amide bonds. The van der Waals surface area contributed by atoms with Gasteiger partial charge in [0, 0.05) is 24.2 Å². The van der Waals surface area contributed by atoms with Crippen LogP contribution in [0.15, 0.2) is 23.1 Å². The number of benzene rings is 1. The molecule has 0 bridgehead atoms. The smallest absolute Gasteiger partial charge is 0.244 e. The molecule has 2 N–H and O–H groups in total. The van der Waals surface area contributed by atoms with Gasteiger partial charge < -0.3 is 9.84 Å². The quantitative estimate of drug-likeness (QED) is 0.768. The van der Waals surface area contributed by atoms with E-state index in [0.29, 0.717) is 11.6 Å². The molecule has 1 aliphatic rings. The Hall–Kier alpha value is -0.860. The summed E-state index contributed by atoms with van der Waals surface area (Å²) in [5.41, 5.74) is 0. The van der Waals surface area contributed by atoms with Crippen molar-refractivity contribution in [3.63, 3.8) is 0 Å². The minimum absolute atomic E-state index is 0.0323. The Labute approximate surface area is 142 Å². The van der Waals surface area contributed by atoms with Gasteiger partial charge in [0.2, 0.25) is 10.0 Å². The van der Waals surface area contributed by atoms with E-state index in [2.05, 4.69) is 9.62 Å². The lowest BCUT2D eigenvalue weighted by Gasteiger charge is -2.34. The fraction of sp³-hybridized carbons (Fsp3) is 0.600. The molecule has 1 saturated heterocycles. The van der Waals surface area contributed by atoms with Gasteiger partial charge in [-0.15, -0.1) is 0 Å². The summed E-state index contributed by atoms with van der Waals surface area (Å²) in [6.45, 7) is 1.82. The summed E-state index contributed by atoms with van der Waals surface area (Å²) < 4.78 is 32.6. The number of hydrogen-bond donors (Lipinski definition) is 2. The number of aliphatic hydroxyl groups excluding tert-OH is 1. The normalized spacial score (nSPS) is 19.7. The van der Waals surface area contributed by atoms with Gasteiger partial charge in [-0.3, -0.25) is 4.90 Å². The van der Waals surface area contributed by atoms with Gasteiger partial charge in [-0.25, -0.2) is 13.1 Å². The fourth-order valence-electron chi connectivity index (χ4n) is 2.82. The lowest BCUT2D eigenvalue weighted by molar-refractivity contribution is 0.0923. The number of halogens is 1. The molecule has 1 aliphatic heterocycles. The maximum Gasteiger partial charge on any atom is 0.244 e. The second kappa shape index (κ2) is 8.30. The first-order valence-electron chi connectivity index (χ1n) is 7.66. The van der Waals surface area contributed by atoms with Gasteiger partial charge in [0.25, 0.3) is 0 Å². The summed E-state index contributed by atoms with van der Waals surface area (Å²) in [6, 6.07) is 4.61. The van der Waals surface area contributed by atoms with Crippen LogP contribution in [0.5, 0.6) is 5.75 Å². The summed E-state index contributed by atoms with van der Waals surface area (Å²) >= 11 is 5.89. The molecule has 0 radical (unpaired) electrons. The van der Waals surface area contributed by atoms with E-state index in [1.807, 2.05) is 0 Å². The molecule has 1 aromatic carbocycles. The van der Waals surface area contributed by atoms with Crippen LogP contribution in [0.4, 0.5) is 0 Å². The molecular formula is C15H23ClN2O4S. The Morgan fingerprint density at radius 2 is 2.22 bits per heavy atom. The molecule has 130 valence electrons. The second-order valence-corrected chi connectivity index (χ2v) is 7.73. The number of sulfonamides is 1. The molecule has 2 rings (SSSR count). The number of nitrogens with one attached hydrogen (secondary N) is 1. The van der Waals surface area contributed by atoms with E-state index in [9.17, 15) is 13.5 Å². The molecule has 6 nitrogen and oxygen atoms in total. The van der Waals surface area contributed by atoms with Gasteiger partial charge in [-0.1, -0.05) is 18.0 Å². The molecule has 8 heteroatoms. The lowest BCUT2D eigenvalue weighted by atomic mass is 10.0. The zero-order chi connectivity index (χ0) is 16.9. The Balaban J connectivity index is 2.00. The Bertz CT molecular complexity index is 624. The molecule has 1 heterocycles. The number of nitrogens with zero attached hydrogens (tertiary/aromatic N) is 1. The number of rotatable bonds is 7. The van der Waals surface area contributed by atoms with Gasteiger partial charge in [-0.05, 0) is 37.6 Å². The predicted molar refractivity (Wildman–Crippen MR) is 89.5 cm³/mol. The van der Waals surface area contributed by atoms with Crippen molar-refractivity contribution in [2.75, 3.05) is 33.4 Å². The van der Waals surface area contributed by atoms with Crippen LogP contribution in [-0.4, -0.2) is 57.8 Å². The van der Waals surface area contributed by atoms with Crippen molar-refractivity contribution >= 4 is 21.6 Å². The second-order valence-electron chi connectivity index (χ2n) is 5.56. The van der Waals surface area contributed by atoms with Gasteiger partial charge in [0.15, 0.2) is 0 Å². The van der Waals surface area contributed by atoms with Gasteiger partial charge in [0.05, 0.1) is 13.7 Å². The van der Waals surface area contributed by atoms with Crippen molar-refractivity contribution in [3.8, 4) is 5.75 Å². The van der Waals surface area contributed by atoms with E-state index in [1.165, 1.54) is 19.2 Å². The van der Waals surface area contributed by atoms with Gasteiger partial charge in [0.1, 0.15) is 10.6 Å². The number of aliphatic hydroxyl groups is 1. The summed E-state index contributed by atoms with van der Waals surface area (Å²) in [6.07, 6.45) is 3.13. The first-order valence-corrected chi connectivity index (χ1v) is 9.52. The molecule has 0 aliphatic carbocycles. The van der Waals surface area contributed by atoms with Crippen LogP contribution in [0.25, 0.3) is 0 Å².